The van der Waals surface area contributed by atoms with Crippen LogP contribution in [-0.4, -0.2) is 29.0 Å². The molecule has 1 aromatic heterocycles. The maximum atomic E-state index is 6.71. The lowest BCUT2D eigenvalue weighted by Crippen LogP contribution is -2.56. The van der Waals surface area contributed by atoms with Crippen molar-refractivity contribution in [2.45, 2.75) is 24.9 Å². The fraction of sp³-hybridized carbons (Fsp3) is 0.421. The first-order valence-corrected chi connectivity index (χ1v) is 8.24. The minimum Gasteiger partial charge on any atom is -0.323 e. The quantitative estimate of drug-likeness (QED) is 0.884. The summed E-state index contributed by atoms with van der Waals surface area (Å²) in [6.07, 6.45) is 6.51. The van der Waals surface area contributed by atoms with Crippen molar-refractivity contribution in [2.24, 2.45) is 17.6 Å². The van der Waals surface area contributed by atoms with Gasteiger partial charge in [0.05, 0.1) is 5.52 Å². The number of hydrogen-bond acceptors (Lipinski definition) is 3. The molecular formula is C19H23N3. The van der Waals surface area contributed by atoms with E-state index in [1.165, 1.54) is 30.3 Å². The molecule has 1 unspecified atom stereocenters. The number of aromatic nitrogens is 1. The summed E-state index contributed by atoms with van der Waals surface area (Å²) in [5.41, 5.74) is 8.99. The maximum absolute atomic E-state index is 6.71. The molecule has 0 aliphatic carbocycles. The van der Waals surface area contributed by atoms with Crippen molar-refractivity contribution >= 4 is 10.9 Å². The molecule has 3 saturated heterocycles. The van der Waals surface area contributed by atoms with Gasteiger partial charge in [-0.3, -0.25) is 9.88 Å². The third-order valence-electron chi connectivity index (χ3n) is 5.61. The van der Waals surface area contributed by atoms with Crippen LogP contribution in [0.5, 0.6) is 0 Å². The fourth-order valence-corrected chi connectivity index (χ4v) is 4.37. The summed E-state index contributed by atoms with van der Waals surface area (Å²) in [4.78, 5) is 7.04. The molecule has 3 fully saturated rings. The molecule has 2 N–H and O–H groups in total. The predicted octanol–water partition coefficient (Wildman–Crippen LogP) is 3.13. The first-order chi connectivity index (χ1) is 10.8. The lowest BCUT2D eigenvalue weighted by molar-refractivity contribution is 0.00749. The molecule has 4 heterocycles. The molecule has 1 aromatic carbocycles. The van der Waals surface area contributed by atoms with Crippen LogP contribution in [-0.2, 0) is 0 Å². The summed E-state index contributed by atoms with van der Waals surface area (Å²) in [7, 11) is 0. The van der Waals surface area contributed by atoms with E-state index in [-0.39, 0.29) is 6.04 Å². The Bertz CT molecular complexity index is 691. The highest BCUT2D eigenvalue weighted by Crippen LogP contribution is 2.41. The van der Waals surface area contributed by atoms with Crippen LogP contribution in [0, 0.1) is 11.8 Å². The molecule has 3 nitrogen and oxygen atoms in total. The van der Waals surface area contributed by atoms with Gasteiger partial charge in [-0.1, -0.05) is 24.3 Å². The second-order valence-corrected chi connectivity index (χ2v) is 6.69. The summed E-state index contributed by atoms with van der Waals surface area (Å²) in [5, 5.41) is 1.19. The number of benzene rings is 1. The lowest BCUT2D eigenvalue weighted by atomic mass is 9.73. The minimum absolute atomic E-state index is 0.0569. The van der Waals surface area contributed by atoms with Gasteiger partial charge in [0.25, 0.3) is 0 Å². The number of piperidine rings is 3. The zero-order valence-corrected chi connectivity index (χ0v) is 12.9. The molecule has 114 valence electrons. The van der Waals surface area contributed by atoms with E-state index in [1.54, 1.807) is 0 Å². The van der Waals surface area contributed by atoms with Crippen LogP contribution in [0.2, 0.25) is 0 Å². The molecule has 3 aliphatic rings. The van der Waals surface area contributed by atoms with Gasteiger partial charge < -0.3 is 5.73 Å². The lowest BCUT2D eigenvalue weighted by Gasteiger charge is -2.51. The van der Waals surface area contributed by atoms with Crippen molar-refractivity contribution in [3.63, 3.8) is 0 Å². The molecule has 2 bridgehead atoms. The average Bonchev–Trinajstić information content (AvgIpc) is 2.60. The van der Waals surface area contributed by atoms with Crippen LogP contribution in [0.25, 0.3) is 10.9 Å². The van der Waals surface area contributed by atoms with Crippen molar-refractivity contribution in [1.29, 1.82) is 0 Å². The molecule has 5 atom stereocenters. The molecule has 22 heavy (non-hydrogen) atoms. The van der Waals surface area contributed by atoms with Crippen LogP contribution in [0.15, 0.2) is 49.2 Å². The van der Waals surface area contributed by atoms with Crippen molar-refractivity contribution < 1.29 is 0 Å². The van der Waals surface area contributed by atoms with E-state index in [0.29, 0.717) is 12.0 Å². The number of rotatable bonds is 3. The maximum Gasteiger partial charge on any atom is 0.0705 e. The van der Waals surface area contributed by atoms with Crippen LogP contribution < -0.4 is 5.73 Å². The SMILES string of the molecule is C=C[C@H]1CN2CC[C@H]1C[C@H]2[C@@H](N)c1ccnc2ccccc12. The molecular weight excluding hydrogens is 270 g/mol. The third kappa shape index (κ3) is 2.16. The van der Waals surface area contributed by atoms with Crippen LogP contribution in [0.1, 0.15) is 24.4 Å². The first kappa shape index (κ1) is 13.9. The van der Waals surface area contributed by atoms with Gasteiger partial charge in [0.1, 0.15) is 0 Å². The van der Waals surface area contributed by atoms with E-state index in [0.717, 1.165) is 18.0 Å². The Hall–Kier alpha value is -1.71. The first-order valence-electron chi connectivity index (χ1n) is 8.24. The van der Waals surface area contributed by atoms with Gasteiger partial charge in [0.15, 0.2) is 0 Å². The Morgan fingerprint density at radius 3 is 2.95 bits per heavy atom. The van der Waals surface area contributed by atoms with Gasteiger partial charge >= 0.3 is 0 Å². The van der Waals surface area contributed by atoms with Crippen molar-refractivity contribution in [1.82, 2.24) is 9.88 Å². The van der Waals surface area contributed by atoms with E-state index in [9.17, 15) is 0 Å². The molecule has 5 rings (SSSR count). The Balaban J connectivity index is 1.67. The number of nitrogens with zero attached hydrogens (tertiary/aromatic N) is 2. The largest absolute Gasteiger partial charge is 0.323 e. The smallest absolute Gasteiger partial charge is 0.0705 e. The van der Waals surface area contributed by atoms with E-state index in [4.69, 9.17) is 5.73 Å². The highest BCUT2D eigenvalue weighted by atomic mass is 15.2. The number of pyridine rings is 1. The van der Waals surface area contributed by atoms with Crippen LogP contribution in [0.4, 0.5) is 0 Å². The summed E-state index contributed by atoms with van der Waals surface area (Å²) in [6, 6.07) is 10.9. The highest BCUT2D eigenvalue weighted by molar-refractivity contribution is 5.82. The topological polar surface area (TPSA) is 42.1 Å². The van der Waals surface area contributed by atoms with Crippen molar-refractivity contribution in [3.8, 4) is 0 Å². The number of hydrogen-bond donors (Lipinski definition) is 1. The molecule has 3 heteroatoms. The molecule has 0 amide bonds. The minimum atomic E-state index is 0.0569. The summed E-state index contributed by atoms with van der Waals surface area (Å²) in [6.45, 7) is 6.30. The third-order valence-corrected chi connectivity index (χ3v) is 5.61. The van der Waals surface area contributed by atoms with E-state index < -0.39 is 0 Å². The molecule has 0 radical (unpaired) electrons. The Morgan fingerprint density at radius 2 is 2.18 bits per heavy atom. The number of para-hydroxylation sites is 1. The molecule has 0 spiro atoms. The van der Waals surface area contributed by atoms with Gasteiger partial charge in [0.2, 0.25) is 0 Å². The van der Waals surface area contributed by atoms with Gasteiger partial charge in [-0.05, 0) is 48.9 Å². The number of nitrogens with two attached hydrogens (primary N) is 1. The van der Waals surface area contributed by atoms with Crippen molar-refractivity contribution in [3.05, 3.63) is 54.7 Å². The standard InChI is InChI=1S/C19H23N3/c1-2-13-12-22-10-8-14(13)11-18(22)19(20)16-7-9-21-17-6-4-3-5-15(16)17/h2-7,9,13-14,18-19H,1,8,10-12,20H2/t13-,14-,18-,19-/m0/s1. The van der Waals surface area contributed by atoms with Gasteiger partial charge in [-0.15, -0.1) is 6.58 Å². The second-order valence-electron chi connectivity index (χ2n) is 6.69. The zero-order chi connectivity index (χ0) is 15.1. The Labute approximate surface area is 131 Å². The van der Waals surface area contributed by atoms with Crippen LogP contribution in [0.3, 0.4) is 0 Å². The summed E-state index contributed by atoms with van der Waals surface area (Å²) in [5.74, 6) is 1.40. The monoisotopic (exact) mass is 293 g/mol. The fourth-order valence-electron chi connectivity index (χ4n) is 4.37. The normalized spacial score (nSPS) is 32.0. The van der Waals surface area contributed by atoms with E-state index >= 15 is 0 Å². The van der Waals surface area contributed by atoms with Crippen LogP contribution >= 0.6 is 0 Å². The highest BCUT2D eigenvalue weighted by Gasteiger charge is 2.41. The Morgan fingerprint density at radius 1 is 1.32 bits per heavy atom. The van der Waals surface area contributed by atoms with Gasteiger partial charge in [-0.25, -0.2) is 0 Å². The summed E-state index contributed by atoms with van der Waals surface area (Å²) >= 11 is 0. The van der Waals surface area contributed by atoms with E-state index in [1.807, 2.05) is 12.3 Å². The van der Waals surface area contributed by atoms with Crippen molar-refractivity contribution in [2.75, 3.05) is 13.1 Å². The summed E-state index contributed by atoms with van der Waals surface area (Å²) < 4.78 is 0. The van der Waals surface area contributed by atoms with Gasteiger partial charge in [-0.2, -0.15) is 0 Å². The van der Waals surface area contributed by atoms with Gasteiger partial charge in [0, 0.05) is 30.2 Å². The average molecular weight is 293 g/mol. The zero-order valence-electron chi connectivity index (χ0n) is 12.9. The predicted molar refractivity (Wildman–Crippen MR) is 90.4 cm³/mol. The second kappa shape index (κ2) is 5.49. The molecule has 0 saturated carbocycles. The van der Waals surface area contributed by atoms with E-state index in [2.05, 4.69) is 46.8 Å². The molecule has 3 aliphatic heterocycles. The Kier molecular flexibility index (Phi) is 3.47. The molecule has 2 aromatic rings. The number of fused-ring (bicyclic) bond motifs is 4.